The van der Waals surface area contributed by atoms with Gasteiger partial charge < -0.3 is 26.6 Å². The minimum absolute atomic E-state index is 0. The first-order chi connectivity index (χ1) is 21.1. The van der Waals surface area contributed by atoms with Crippen molar-refractivity contribution in [3.8, 4) is 5.75 Å². The van der Waals surface area contributed by atoms with Gasteiger partial charge >= 0.3 is 57.4 Å². The zero-order valence-electron chi connectivity index (χ0n) is 27.3. The molecule has 0 aliphatic rings. The zero-order valence-corrected chi connectivity index (χ0v) is 30.2. The summed E-state index contributed by atoms with van der Waals surface area (Å²) in [6.45, 7) is 4.64. The van der Waals surface area contributed by atoms with E-state index in [1.54, 1.807) is 24.3 Å². The van der Waals surface area contributed by atoms with E-state index in [9.17, 15) is 36.1 Å². The monoisotopic (exact) mass is 686 g/mol. The number of benzene rings is 3. The Morgan fingerprint density at radius 3 is 2.24 bits per heavy atom. The molecule has 4 amide bonds. The van der Waals surface area contributed by atoms with E-state index in [2.05, 4.69) is 10.6 Å². The second kappa shape index (κ2) is 17.8. The molecule has 0 saturated carbocycles. The van der Waals surface area contributed by atoms with Gasteiger partial charge in [-0.3, -0.25) is 14.1 Å². The van der Waals surface area contributed by atoms with Gasteiger partial charge in [-0.2, -0.15) is 8.42 Å². The maximum atomic E-state index is 13.6. The summed E-state index contributed by atoms with van der Waals surface area (Å²) in [6.07, 6.45) is 0.609. The third kappa shape index (κ3) is 11.7. The average Bonchev–Trinajstić information content (AvgIpc) is 2.97. The van der Waals surface area contributed by atoms with Crippen LogP contribution >= 0.6 is 0 Å². The van der Waals surface area contributed by atoms with Crippen molar-refractivity contribution in [1.82, 2.24) is 5.32 Å². The minimum atomic E-state index is -4.34. The van der Waals surface area contributed by atoms with E-state index in [1.165, 1.54) is 43.1 Å². The third-order valence-electron chi connectivity index (χ3n) is 6.81. The van der Waals surface area contributed by atoms with E-state index in [0.29, 0.717) is 18.2 Å². The first-order valence-corrected chi connectivity index (χ1v) is 15.5. The Morgan fingerprint density at radius 2 is 1.61 bits per heavy atom. The second-order valence-electron chi connectivity index (χ2n) is 10.7. The van der Waals surface area contributed by atoms with E-state index in [4.69, 9.17) is 4.74 Å². The summed E-state index contributed by atoms with van der Waals surface area (Å²) in [6, 6.07) is 14.5. The van der Waals surface area contributed by atoms with Gasteiger partial charge in [-0.25, -0.2) is 13.6 Å². The molecule has 0 aromatic heterocycles. The predicted octanol–water partition coefficient (Wildman–Crippen LogP) is 2.27. The third-order valence-corrected chi connectivity index (χ3v) is 7.97. The number of rotatable bonds is 13. The van der Waals surface area contributed by atoms with Gasteiger partial charge in [0.15, 0.2) is 6.61 Å². The number of amides is 4. The number of anilines is 3. The normalized spacial score (nSPS) is 11.7. The van der Waals surface area contributed by atoms with Crippen molar-refractivity contribution in [3.63, 3.8) is 0 Å². The van der Waals surface area contributed by atoms with Crippen molar-refractivity contribution in [3.05, 3.63) is 83.9 Å². The maximum Gasteiger partial charge on any atom is 1.00 e. The Kier molecular flexibility index (Phi) is 15.2. The second-order valence-corrected chi connectivity index (χ2v) is 12.4. The molecule has 1 atom stereocenters. The van der Waals surface area contributed by atoms with Gasteiger partial charge in [0.2, 0.25) is 5.91 Å². The molecule has 15 heteroatoms. The molecule has 0 bridgehead atoms. The summed E-state index contributed by atoms with van der Waals surface area (Å²) >= 11 is 0. The molecule has 0 heterocycles. The van der Waals surface area contributed by atoms with Gasteiger partial charge in [0.05, 0.1) is 12.2 Å². The van der Waals surface area contributed by atoms with Gasteiger partial charge in [-0.05, 0) is 61.2 Å². The van der Waals surface area contributed by atoms with Crippen molar-refractivity contribution in [2.24, 2.45) is 5.92 Å². The Hall–Kier alpha value is -2.92. The van der Waals surface area contributed by atoms with Gasteiger partial charge in [0, 0.05) is 31.0 Å². The smallest absolute Gasteiger partial charge is 1.00 e. The predicted molar refractivity (Wildman–Crippen MR) is 168 cm³/mol. The fraction of sp³-hybridized carbons (Fsp3) is 0.323. The molecule has 46 heavy (non-hydrogen) atoms. The van der Waals surface area contributed by atoms with Crippen LogP contribution in [-0.2, 0) is 19.7 Å². The number of carbonyl (C=O) groups is 3. The summed E-state index contributed by atoms with van der Waals surface area (Å²) in [5.41, 5.74) is 0.867. The number of hydrogen-bond acceptors (Lipinski definition) is 6. The maximum absolute atomic E-state index is 13.6. The van der Waals surface area contributed by atoms with Gasteiger partial charge in [-0.1, -0.05) is 38.1 Å². The quantitative estimate of drug-likeness (QED) is 0.185. The van der Waals surface area contributed by atoms with Crippen molar-refractivity contribution >= 4 is 45.0 Å². The summed E-state index contributed by atoms with van der Waals surface area (Å²) in [7, 11) is -2.99. The molecule has 0 fully saturated rings. The van der Waals surface area contributed by atoms with Crippen LogP contribution < -0.4 is 76.6 Å². The van der Waals surface area contributed by atoms with E-state index in [1.807, 2.05) is 13.8 Å². The number of halogens is 2. The number of urea groups is 1. The van der Waals surface area contributed by atoms with Crippen LogP contribution in [0.25, 0.3) is 0 Å². The molecule has 244 valence electrons. The molecule has 11 nitrogen and oxygen atoms in total. The average molecular weight is 687 g/mol. The van der Waals surface area contributed by atoms with Crippen molar-refractivity contribution in [2.45, 2.75) is 32.4 Å². The van der Waals surface area contributed by atoms with E-state index in [0.717, 1.165) is 17.0 Å². The summed E-state index contributed by atoms with van der Waals surface area (Å²) < 4.78 is 65.4. The molecule has 3 N–H and O–H groups in total. The Bertz CT molecular complexity index is 1630. The number of hydrogen-bond donors (Lipinski definition) is 3. The van der Waals surface area contributed by atoms with Crippen LogP contribution in [0.3, 0.4) is 0 Å². The molecule has 0 spiro atoms. The molecule has 0 radical (unpaired) electrons. The first-order valence-electron chi connectivity index (χ1n) is 14.0. The van der Waals surface area contributed by atoms with Gasteiger partial charge in [-0.15, -0.1) is 0 Å². The Morgan fingerprint density at radius 1 is 0.957 bits per heavy atom. The zero-order chi connectivity index (χ0) is 33.3. The fourth-order valence-corrected chi connectivity index (χ4v) is 4.64. The number of likely N-dealkylation sites (N-methyl/N-ethyl adjacent to an activating group) is 1. The molecule has 1 unspecified atom stereocenters. The van der Waals surface area contributed by atoms with Crippen LogP contribution in [-0.4, -0.2) is 57.6 Å². The minimum Gasteiger partial charge on any atom is -1.00 e. The molecular formula is C31H37F2KN4O7S. The van der Waals surface area contributed by atoms with Crippen molar-refractivity contribution in [1.29, 1.82) is 0 Å². The molecule has 0 aliphatic heterocycles. The van der Waals surface area contributed by atoms with Crippen molar-refractivity contribution in [2.75, 3.05) is 41.9 Å². The molecular weight excluding hydrogens is 650 g/mol. The van der Waals surface area contributed by atoms with Crippen LogP contribution in [0.5, 0.6) is 5.75 Å². The Balaban J connectivity index is 0.00000552. The molecule has 0 aliphatic carbocycles. The number of para-hydroxylation sites is 2. The van der Waals surface area contributed by atoms with Crippen molar-refractivity contribution < 1.29 is 93.7 Å². The summed E-state index contributed by atoms with van der Waals surface area (Å²) in [4.78, 5) is 41.3. The number of nitrogens with zero attached hydrogens (tertiary/aromatic N) is 2. The molecule has 3 aromatic rings. The summed E-state index contributed by atoms with van der Waals surface area (Å²) in [5, 5.41) is 3.82. The molecule has 3 aromatic carbocycles. The SMILES string of the molecule is CC(C)CCN(C(=O)CNC(=O)Nc1cccc(C(C)S(=O)(=O)O)c1)c1ccccc1OCC(=O)N(C)c1cc(F)cc(F)c1.[H-].[K+]. The number of carbonyl (C=O) groups excluding carboxylic acids is 3. The standard InChI is InChI=1S/C31H36F2N4O7S.K.H/c1-20(2)12-13-37(29(38)18-34-31(40)35-25-9-7-8-22(14-25)21(3)45(41,42)43)27-10-5-6-11-28(27)44-19-30(39)36(4)26-16-23(32)15-24(33)17-26;;/h5-11,14-17,20-21H,12-13,18-19H2,1-4H3,(H2,34,35,40)(H,41,42,43);;/q;+1;-1. The van der Waals surface area contributed by atoms with E-state index in [-0.39, 0.29) is 88.0 Å². The van der Waals surface area contributed by atoms with E-state index >= 15 is 0 Å². The first kappa shape index (κ1) is 39.3. The molecule has 0 saturated heterocycles. The molecule has 3 rings (SSSR count). The van der Waals surface area contributed by atoms with Crippen LogP contribution in [0.1, 0.15) is 39.4 Å². The van der Waals surface area contributed by atoms with Gasteiger partial charge in [0.25, 0.3) is 16.0 Å². The van der Waals surface area contributed by atoms with E-state index < -0.39 is 58.0 Å². The Labute approximate surface area is 311 Å². The van der Waals surface area contributed by atoms with Crippen LogP contribution in [0.2, 0.25) is 0 Å². The van der Waals surface area contributed by atoms with Crippen LogP contribution in [0, 0.1) is 17.6 Å². The summed E-state index contributed by atoms with van der Waals surface area (Å²) in [5.74, 6) is -2.31. The number of ether oxygens (including phenoxy) is 1. The largest absolute Gasteiger partial charge is 1.00 e. The van der Waals surface area contributed by atoms with Crippen LogP contribution in [0.4, 0.5) is 30.6 Å². The van der Waals surface area contributed by atoms with Crippen LogP contribution in [0.15, 0.2) is 66.7 Å². The fourth-order valence-electron chi connectivity index (χ4n) is 4.15. The topological polar surface area (TPSA) is 145 Å². The number of nitrogens with one attached hydrogen (secondary N) is 2. The van der Waals surface area contributed by atoms with Gasteiger partial charge in [0.1, 0.15) is 22.6 Å².